The van der Waals surface area contributed by atoms with Crippen LogP contribution in [0.1, 0.15) is 5.69 Å². The summed E-state index contributed by atoms with van der Waals surface area (Å²) in [7, 11) is 0. The fourth-order valence-electron chi connectivity index (χ4n) is 1.07. The molecule has 1 N–H and O–H groups in total. The third-order valence-electron chi connectivity index (χ3n) is 1.66. The third-order valence-corrected chi connectivity index (χ3v) is 2.76. The Balaban J connectivity index is 2.75. The highest BCUT2D eigenvalue weighted by Crippen LogP contribution is 2.25. The maximum Gasteiger partial charge on any atom is 0.0875 e. The van der Waals surface area contributed by atoms with Crippen molar-refractivity contribution in [2.45, 2.75) is 6.61 Å². The number of benzene rings is 1. The number of hydrogen-bond acceptors (Lipinski definition) is 3. The monoisotopic (exact) mass is 199 g/mol. The smallest absolute Gasteiger partial charge is 0.0875 e. The summed E-state index contributed by atoms with van der Waals surface area (Å²) in [6.45, 7) is -0.0274. The molecule has 0 radical (unpaired) electrons. The zero-order valence-corrected chi connectivity index (χ0v) is 7.69. The molecule has 0 saturated carbocycles. The molecule has 2 rings (SSSR count). The summed E-state index contributed by atoms with van der Waals surface area (Å²) >= 11 is 7.18. The molecule has 0 unspecified atom stereocenters. The van der Waals surface area contributed by atoms with E-state index in [1.165, 1.54) is 11.5 Å². The first kappa shape index (κ1) is 7.98. The molecule has 0 aliphatic rings. The summed E-state index contributed by atoms with van der Waals surface area (Å²) < 4.78 is 5.15. The Kier molecular flexibility index (Phi) is 2.00. The zero-order valence-electron chi connectivity index (χ0n) is 6.12. The predicted molar refractivity (Wildman–Crippen MR) is 50.6 cm³/mol. The fraction of sp³-hybridized carbons (Fsp3) is 0.125. The number of fused-ring (bicyclic) bond motifs is 1. The van der Waals surface area contributed by atoms with E-state index in [4.69, 9.17) is 16.7 Å². The molecule has 4 heteroatoms. The Morgan fingerprint density at radius 2 is 2.33 bits per heavy atom. The van der Waals surface area contributed by atoms with E-state index < -0.39 is 0 Å². The van der Waals surface area contributed by atoms with E-state index in [9.17, 15) is 0 Å². The van der Waals surface area contributed by atoms with Crippen LogP contribution in [0.15, 0.2) is 18.2 Å². The van der Waals surface area contributed by atoms with E-state index in [1.807, 2.05) is 18.2 Å². The van der Waals surface area contributed by atoms with Gasteiger partial charge in [0.1, 0.15) is 0 Å². The van der Waals surface area contributed by atoms with E-state index in [1.54, 1.807) is 0 Å². The molecule has 1 aromatic heterocycles. The van der Waals surface area contributed by atoms with Gasteiger partial charge in [-0.15, -0.1) is 0 Å². The number of aromatic nitrogens is 1. The van der Waals surface area contributed by atoms with Crippen molar-refractivity contribution in [2.75, 3.05) is 0 Å². The van der Waals surface area contributed by atoms with Crippen molar-refractivity contribution >= 4 is 33.2 Å². The molecule has 62 valence electrons. The Labute approximate surface area is 78.6 Å². The maximum absolute atomic E-state index is 8.92. The summed E-state index contributed by atoms with van der Waals surface area (Å²) in [4.78, 5) is 0. The molecule has 0 saturated heterocycles. The lowest BCUT2D eigenvalue weighted by Crippen LogP contribution is -1.81. The molecule has 0 aliphatic carbocycles. The molecular formula is C8H6ClNOS. The molecule has 0 amide bonds. The van der Waals surface area contributed by atoms with Gasteiger partial charge in [0.2, 0.25) is 0 Å². The highest BCUT2D eigenvalue weighted by atomic mass is 35.5. The molecule has 0 bridgehead atoms. The van der Waals surface area contributed by atoms with Crippen molar-refractivity contribution in [2.24, 2.45) is 0 Å². The summed E-state index contributed by atoms with van der Waals surface area (Å²) in [6, 6.07) is 5.56. The molecule has 0 aliphatic heterocycles. The Morgan fingerprint density at radius 3 is 3.08 bits per heavy atom. The summed E-state index contributed by atoms with van der Waals surface area (Å²) in [5, 5.41) is 10.5. The minimum Gasteiger partial charge on any atom is -0.390 e. The Bertz CT molecular complexity index is 412. The van der Waals surface area contributed by atoms with Crippen molar-refractivity contribution in [1.82, 2.24) is 4.37 Å². The van der Waals surface area contributed by atoms with Crippen LogP contribution >= 0.6 is 23.1 Å². The number of rotatable bonds is 1. The van der Waals surface area contributed by atoms with Crippen LogP contribution in [0.5, 0.6) is 0 Å². The van der Waals surface area contributed by atoms with Gasteiger partial charge in [-0.05, 0) is 29.7 Å². The van der Waals surface area contributed by atoms with Crippen molar-refractivity contribution < 1.29 is 5.11 Å². The molecule has 2 aromatic rings. The zero-order chi connectivity index (χ0) is 8.55. The predicted octanol–water partition coefficient (Wildman–Crippen LogP) is 2.44. The number of aliphatic hydroxyl groups is 1. The van der Waals surface area contributed by atoms with Crippen molar-refractivity contribution in [1.29, 1.82) is 0 Å². The Hall–Kier alpha value is -0.640. The van der Waals surface area contributed by atoms with Crippen LogP contribution in [0, 0.1) is 0 Å². The minimum absolute atomic E-state index is 0.0274. The van der Waals surface area contributed by atoms with Gasteiger partial charge in [0, 0.05) is 10.4 Å². The highest BCUT2D eigenvalue weighted by molar-refractivity contribution is 7.13. The van der Waals surface area contributed by atoms with Gasteiger partial charge in [-0.1, -0.05) is 11.6 Å². The first-order chi connectivity index (χ1) is 5.81. The van der Waals surface area contributed by atoms with Gasteiger partial charge in [-0.2, -0.15) is 4.37 Å². The topological polar surface area (TPSA) is 33.1 Å². The van der Waals surface area contributed by atoms with Gasteiger partial charge >= 0.3 is 0 Å². The second kappa shape index (κ2) is 3.01. The molecule has 1 heterocycles. The number of aliphatic hydroxyl groups excluding tert-OH is 1. The molecule has 12 heavy (non-hydrogen) atoms. The average Bonchev–Trinajstić information content (AvgIpc) is 2.46. The second-order valence-corrected chi connectivity index (χ2v) is 3.67. The van der Waals surface area contributed by atoms with Gasteiger partial charge in [0.05, 0.1) is 17.0 Å². The quantitative estimate of drug-likeness (QED) is 0.766. The second-order valence-electron chi connectivity index (χ2n) is 2.43. The van der Waals surface area contributed by atoms with Crippen LogP contribution in [-0.4, -0.2) is 9.48 Å². The third kappa shape index (κ3) is 1.20. The standard InChI is InChI=1S/C8H6ClNOS/c9-5-1-2-8-6(3-5)7(4-11)10-12-8/h1-3,11H,4H2. The van der Waals surface area contributed by atoms with Gasteiger partial charge in [0.25, 0.3) is 0 Å². The normalized spacial score (nSPS) is 10.8. The van der Waals surface area contributed by atoms with Gasteiger partial charge < -0.3 is 5.11 Å². The van der Waals surface area contributed by atoms with Gasteiger partial charge in [-0.25, -0.2) is 0 Å². The lowest BCUT2D eigenvalue weighted by molar-refractivity contribution is 0.279. The maximum atomic E-state index is 8.92. The molecule has 0 atom stereocenters. The first-order valence-electron chi connectivity index (χ1n) is 3.46. The molecule has 1 aromatic carbocycles. The van der Waals surface area contributed by atoms with Gasteiger partial charge in [-0.3, -0.25) is 0 Å². The number of hydrogen-bond donors (Lipinski definition) is 1. The molecule has 0 spiro atoms. The van der Waals surface area contributed by atoms with E-state index in [2.05, 4.69) is 4.37 Å². The molecular weight excluding hydrogens is 194 g/mol. The highest BCUT2D eigenvalue weighted by Gasteiger charge is 2.04. The SMILES string of the molecule is OCc1nsc2ccc(Cl)cc12. The van der Waals surface area contributed by atoms with E-state index in [-0.39, 0.29) is 6.61 Å². The van der Waals surface area contributed by atoms with Crippen LogP contribution in [-0.2, 0) is 6.61 Å². The van der Waals surface area contributed by atoms with Crippen LogP contribution < -0.4 is 0 Å². The van der Waals surface area contributed by atoms with E-state index in [0.29, 0.717) is 10.7 Å². The van der Waals surface area contributed by atoms with Gasteiger partial charge in [0.15, 0.2) is 0 Å². The van der Waals surface area contributed by atoms with Crippen molar-refractivity contribution in [3.63, 3.8) is 0 Å². The van der Waals surface area contributed by atoms with Crippen molar-refractivity contribution in [3.05, 3.63) is 28.9 Å². The number of nitrogens with zero attached hydrogens (tertiary/aromatic N) is 1. The summed E-state index contributed by atoms with van der Waals surface area (Å²) in [5.74, 6) is 0. The van der Waals surface area contributed by atoms with E-state index in [0.717, 1.165) is 10.1 Å². The fourth-order valence-corrected chi connectivity index (χ4v) is 2.02. The Morgan fingerprint density at radius 1 is 1.50 bits per heavy atom. The summed E-state index contributed by atoms with van der Waals surface area (Å²) in [6.07, 6.45) is 0. The first-order valence-corrected chi connectivity index (χ1v) is 4.61. The average molecular weight is 200 g/mol. The molecule has 0 fully saturated rings. The minimum atomic E-state index is -0.0274. The largest absolute Gasteiger partial charge is 0.390 e. The van der Waals surface area contributed by atoms with Crippen LogP contribution in [0.25, 0.3) is 10.1 Å². The van der Waals surface area contributed by atoms with Crippen LogP contribution in [0.2, 0.25) is 5.02 Å². The van der Waals surface area contributed by atoms with Crippen LogP contribution in [0.3, 0.4) is 0 Å². The van der Waals surface area contributed by atoms with Crippen molar-refractivity contribution in [3.8, 4) is 0 Å². The number of halogens is 1. The lowest BCUT2D eigenvalue weighted by Gasteiger charge is -1.91. The lowest BCUT2D eigenvalue weighted by atomic mass is 10.2. The molecule has 2 nitrogen and oxygen atoms in total. The van der Waals surface area contributed by atoms with Crippen LogP contribution in [0.4, 0.5) is 0 Å². The summed E-state index contributed by atoms with van der Waals surface area (Å²) in [5.41, 5.74) is 0.706. The van der Waals surface area contributed by atoms with E-state index >= 15 is 0 Å².